The molecular formula is C10H18O7P+. The standard InChI is InChI=1S/C10H18O7P/c11-18(16-7-9-5-12-1-3-14-9)17-8-10-6-13-2-4-15-10/h9-10H,1-8H2/q+1. The van der Waals surface area contributed by atoms with Gasteiger partial charge in [-0.15, -0.1) is 9.05 Å². The van der Waals surface area contributed by atoms with Gasteiger partial charge in [0.05, 0.1) is 39.6 Å². The summed E-state index contributed by atoms with van der Waals surface area (Å²) in [6, 6.07) is 0. The second kappa shape index (κ2) is 8.12. The number of hydrogen-bond acceptors (Lipinski definition) is 7. The average Bonchev–Trinajstić information content (AvgIpc) is 2.45. The van der Waals surface area contributed by atoms with Crippen molar-refractivity contribution in [1.29, 1.82) is 0 Å². The molecular weight excluding hydrogens is 263 g/mol. The fraction of sp³-hybridized carbons (Fsp3) is 1.00. The monoisotopic (exact) mass is 281 g/mol. The lowest BCUT2D eigenvalue weighted by Gasteiger charge is -2.21. The van der Waals surface area contributed by atoms with Gasteiger partial charge in [-0.2, -0.15) is 0 Å². The molecule has 8 heteroatoms. The number of ether oxygens (including phenoxy) is 4. The smallest absolute Gasteiger partial charge is 0.376 e. The Morgan fingerprint density at radius 3 is 1.78 bits per heavy atom. The molecule has 2 aliphatic rings. The van der Waals surface area contributed by atoms with Gasteiger partial charge in [0.1, 0.15) is 25.4 Å². The van der Waals surface area contributed by atoms with E-state index in [0.29, 0.717) is 39.6 Å². The fourth-order valence-electron chi connectivity index (χ4n) is 1.59. The van der Waals surface area contributed by atoms with Crippen LogP contribution in [0.25, 0.3) is 0 Å². The molecule has 0 aliphatic carbocycles. The molecule has 2 atom stereocenters. The Bertz CT molecular complexity index is 227. The Kier molecular flexibility index (Phi) is 6.44. The van der Waals surface area contributed by atoms with E-state index < -0.39 is 8.25 Å². The molecule has 2 saturated heterocycles. The summed E-state index contributed by atoms with van der Waals surface area (Å²) in [6.45, 7) is 3.61. The third-order valence-electron chi connectivity index (χ3n) is 2.50. The van der Waals surface area contributed by atoms with E-state index in [1.165, 1.54) is 0 Å². The second-order valence-electron chi connectivity index (χ2n) is 3.95. The van der Waals surface area contributed by atoms with Crippen molar-refractivity contribution >= 4 is 8.25 Å². The fourth-order valence-corrected chi connectivity index (χ4v) is 2.24. The van der Waals surface area contributed by atoms with Gasteiger partial charge in [0.15, 0.2) is 0 Å². The molecule has 0 bridgehead atoms. The summed E-state index contributed by atoms with van der Waals surface area (Å²) < 4.78 is 42.6. The predicted octanol–water partition coefficient (Wildman–Crippen LogP) is 0.508. The molecule has 2 rings (SSSR count). The molecule has 2 aliphatic heterocycles. The first-order valence-electron chi connectivity index (χ1n) is 5.96. The minimum atomic E-state index is -2.15. The van der Waals surface area contributed by atoms with Crippen molar-refractivity contribution in [1.82, 2.24) is 0 Å². The van der Waals surface area contributed by atoms with Crippen molar-refractivity contribution in [3.8, 4) is 0 Å². The Morgan fingerprint density at radius 1 is 0.889 bits per heavy atom. The van der Waals surface area contributed by atoms with Crippen LogP contribution < -0.4 is 0 Å². The van der Waals surface area contributed by atoms with Crippen molar-refractivity contribution in [3.63, 3.8) is 0 Å². The molecule has 0 aromatic heterocycles. The number of rotatable bonds is 6. The molecule has 18 heavy (non-hydrogen) atoms. The van der Waals surface area contributed by atoms with E-state index in [-0.39, 0.29) is 25.4 Å². The van der Waals surface area contributed by atoms with Gasteiger partial charge in [-0.1, -0.05) is 0 Å². The zero-order chi connectivity index (χ0) is 12.6. The van der Waals surface area contributed by atoms with Gasteiger partial charge in [0, 0.05) is 4.57 Å². The normalized spacial score (nSPS) is 30.1. The minimum Gasteiger partial charge on any atom is -0.376 e. The van der Waals surface area contributed by atoms with Crippen LogP contribution >= 0.6 is 8.25 Å². The molecule has 104 valence electrons. The third-order valence-corrected chi connectivity index (χ3v) is 3.22. The Morgan fingerprint density at radius 2 is 1.39 bits per heavy atom. The van der Waals surface area contributed by atoms with Crippen molar-refractivity contribution in [2.45, 2.75) is 12.2 Å². The Balaban J connectivity index is 1.54. The first-order chi connectivity index (χ1) is 8.84. The van der Waals surface area contributed by atoms with Crippen LogP contribution in [0, 0.1) is 0 Å². The summed E-state index contributed by atoms with van der Waals surface area (Å²) in [5, 5.41) is 0. The third kappa shape index (κ3) is 5.24. The molecule has 0 radical (unpaired) electrons. The van der Waals surface area contributed by atoms with Crippen LogP contribution in [0.2, 0.25) is 0 Å². The van der Waals surface area contributed by atoms with E-state index in [4.69, 9.17) is 28.0 Å². The lowest BCUT2D eigenvalue weighted by molar-refractivity contribution is -0.107. The Hall–Kier alpha value is -0.140. The van der Waals surface area contributed by atoms with Gasteiger partial charge in [0.25, 0.3) is 0 Å². The van der Waals surface area contributed by atoms with Crippen LogP contribution in [-0.4, -0.2) is 65.1 Å². The van der Waals surface area contributed by atoms with Crippen LogP contribution in [0.5, 0.6) is 0 Å². The first kappa shape index (κ1) is 14.3. The van der Waals surface area contributed by atoms with E-state index in [0.717, 1.165) is 0 Å². The highest BCUT2D eigenvalue weighted by Crippen LogP contribution is 2.25. The predicted molar refractivity (Wildman–Crippen MR) is 60.6 cm³/mol. The van der Waals surface area contributed by atoms with E-state index in [9.17, 15) is 4.57 Å². The highest BCUT2D eigenvalue weighted by Gasteiger charge is 2.27. The van der Waals surface area contributed by atoms with Crippen molar-refractivity contribution in [3.05, 3.63) is 0 Å². The van der Waals surface area contributed by atoms with Gasteiger partial charge in [0.2, 0.25) is 0 Å². The van der Waals surface area contributed by atoms with Crippen LogP contribution in [0.3, 0.4) is 0 Å². The largest absolute Gasteiger partial charge is 0.697 e. The SMILES string of the molecule is O=[P+](OCC1COCCO1)OCC1COCCO1. The van der Waals surface area contributed by atoms with Crippen LogP contribution in [0.1, 0.15) is 0 Å². The summed E-state index contributed by atoms with van der Waals surface area (Å²) in [5.41, 5.74) is 0. The van der Waals surface area contributed by atoms with Crippen LogP contribution in [-0.2, 0) is 32.6 Å². The quantitative estimate of drug-likeness (QED) is 0.657. The van der Waals surface area contributed by atoms with Gasteiger partial charge < -0.3 is 18.9 Å². The summed E-state index contributed by atoms with van der Waals surface area (Å²) >= 11 is 0. The summed E-state index contributed by atoms with van der Waals surface area (Å²) in [7, 11) is -2.15. The lowest BCUT2D eigenvalue weighted by atomic mass is 10.4. The average molecular weight is 281 g/mol. The van der Waals surface area contributed by atoms with E-state index in [1.807, 2.05) is 0 Å². The first-order valence-corrected chi connectivity index (χ1v) is 7.06. The molecule has 0 amide bonds. The molecule has 2 heterocycles. The van der Waals surface area contributed by atoms with Crippen molar-refractivity contribution < 1.29 is 32.6 Å². The molecule has 2 fully saturated rings. The minimum absolute atomic E-state index is 0.171. The van der Waals surface area contributed by atoms with Crippen LogP contribution in [0.4, 0.5) is 0 Å². The highest BCUT2D eigenvalue weighted by atomic mass is 31.1. The van der Waals surface area contributed by atoms with E-state index in [2.05, 4.69) is 0 Å². The van der Waals surface area contributed by atoms with Crippen molar-refractivity contribution in [2.75, 3.05) is 52.9 Å². The summed E-state index contributed by atoms with van der Waals surface area (Å²) in [6.07, 6.45) is -0.342. The molecule has 0 aromatic rings. The second-order valence-corrected chi connectivity index (χ2v) is 4.91. The van der Waals surface area contributed by atoms with Gasteiger partial charge >= 0.3 is 8.25 Å². The maximum absolute atomic E-state index is 11.4. The van der Waals surface area contributed by atoms with Crippen molar-refractivity contribution in [2.24, 2.45) is 0 Å². The highest BCUT2D eigenvalue weighted by molar-refractivity contribution is 7.33. The molecule has 2 unspecified atom stereocenters. The zero-order valence-corrected chi connectivity index (χ0v) is 11.0. The van der Waals surface area contributed by atoms with E-state index >= 15 is 0 Å². The summed E-state index contributed by atoms with van der Waals surface area (Å²) in [4.78, 5) is 0. The maximum atomic E-state index is 11.4. The summed E-state index contributed by atoms with van der Waals surface area (Å²) in [5.74, 6) is 0. The molecule has 7 nitrogen and oxygen atoms in total. The molecule has 0 aromatic carbocycles. The van der Waals surface area contributed by atoms with Gasteiger partial charge in [-0.05, 0) is 0 Å². The van der Waals surface area contributed by atoms with E-state index in [1.54, 1.807) is 0 Å². The molecule has 0 N–H and O–H groups in total. The molecule has 0 spiro atoms. The maximum Gasteiger partial charge on any atom is 0.697 e. The lowest BCUT2D eigenvalue weighted by Crippen LogP contribution is -2.32. The van der Waals surface area contributed by atoms with Crippen LogP contribution in [0.15, 0.2) is 0 Å². The van der Waals surface area contributed by atoms with Gasteiger partial charge in [-0.3, -0.25) is 0 Å². The zero-order valence-electron chi connectivity index (χ0n) is 10.1. The Labute approximate surface area is 107 Å². The van der Waals surface area contributed by atoms with Gasteiger partial charge in [-0.25, -0.2) is 0 Å². The molecule has 0 saturated carbocycles. The number of hydrogen-bond donors (Lipinski definition) is 0. The topological polar surface area (TPSA) is 72.5 Å².